The summed E-state index contributed by atoms with van der Waals surface area (Å²) in [6.07, 6.45) is 0.999. The van der Waals surface area contributed by atoms with E-state index in [0.29, 0.717) is 6.04 Å². The average molecular weight is 220 g/mol. The highest BCUT2D eigenvalue weighted by molar-refractivity contribution is 5.11. The average Bonchev–Trinajstić information content (AvgIpc) is 2.16. The summed E-state index contributed by atoms with van der Waals surface area (Å²) >= 11 is 0. The van der Waals surface area contributed by atoms with E-state index in [4.69, 9.17) is 0 Å². The monoisotopic (exact) mass is 220 g/mol. The smallest absolute Gasteiger partial charge is 0.0422 e. The van der Waals surface area contributed by atoms with Crippen molar-refractivity contribution in [3.8, 4) is 0 Å². The highest BCUT2D eigenvalue weighted by Crippen LogP contribution is 2.22. The maximum Gasteiger partial charge on any atom is 0.0422 e. The van der Waals surface area contributed by atoms with Gasteiger partial charge < -0.3 is 5.32 Å². The van der Waals surface area contributed by atoms with Gasteiger partial charge in [-0.1, -0.05) is 33.8 Å². The first-order chi connectivity index (χ1) is 7.43. The fourth-order valence-electron chi connectivity index (χ4n) is 1.85. The molecule has 2 heteroatoms. The van der Waals surface area contributed by atoms with E-state index in [9.17, 15) is 0 Å². The Kier molecular flexibility index (Phi) is 4.48. The van der Waals surface area contributed by atoms with Crippen LogP contribution in [0.5, 0.6) is 0 Å². The molecule has 1 unspecified atom stereocenters. The zero-order chi connectivity index (χ0) is 12.2. The molecule has 1 N–H and O–H groups in total. The zero-order valence-electron chi connectivity index (χ0n) is 11.2. The topological polar surface area (TPSA) is 24.9 Å². The number of aryl methyl sites for hydroxylation is 1. The summed E-state index contributed by atoms with van der Waals surface area (Å²) in [6, 6.07) is 6.72. The normalized spacial score (nSPS) is 13.8. The van der Waals surface area contributed by atoms with Gasteiger partial charge in [0.25, 0.3) is 0 Å². The van der Waals surface area contributed by atoms with Crippen molar-refractivity contribution in [1.29, 1.82) is 0 Å². The van der Waals surface area contributed by atoms with Crippen molar-refractivity contribution in [2.24, 2.45) is 5.41 Å². The van der Waals surface area contributed by atoms with Crippen molar-refractivity contribution in [1.82, 2.24) is 10.3 Å². The third kappa shape index (κ3) is 3.93. The molecule has 90 valence electrons. The number of pyridine rings is 1. The molecular weight excluding hydrogens is 196 g/mol. The van der Waals surface area contributed by atoms with Crippen LogP contribution in [0, 0.1) is 12.3 Å². The van der Waals surface area contributed by atoms with Gasteiger partial charge in [-0.3, -0.25) is 4.98 Å². The quantitative estimate of drug-likeness (QED) is 0.844. The molecule has 0 radical (unpaired) electrons. The standard InChI is InChI=1S/C14H24N2/c1-6-15-13(14(3,4)5)10-12-9-7-8-11(2)16-12/h7-9,13,15H,6,10H2,1-5H3. The first-order valence-corrected chi connectivity index (χ1v) is 6.09. The largest absolute Gasteiger partial charge is 0.313 e. The predicted molar refractivity (Wildman–Crippen MR) is 69.6 cm³/mol. The van der Waals surface area contributed by atoms with E-state index in [1.165, 1.54) is 5.69 Å². The van der Waals surface area contributed by atoms with E-state index < -0.39 is 0 Å². The Labute approximate surface area is 99.5 Å². The Bertz CT molecular complexity index is 326. The first kappa shape index (κ1) is 13.2. The maximum atomic E-state index is 4.57. The molecule has 0 amide bonds. The second-order valence-electron chi connectivity index (χ2n) is 5.45. The molecule has 0 bridgehead atoms. The second-order valence-corrected chi connectivity index (χ2v) is 5.45. The fourth-order valence-corrected chi connectivity index (χ4v) is 1.85. The molecule has 1 atom stereocenters. The summed E-state index contributed by atoms with van der Waals surface area (Å²) in [5.74, 6) is 0. The summed E-state index contributed by atoms with van der Waals surface area (Å²) in [6.45, 7) is 12.0. The number of nitrogens with zero attached hydrogens (tertiary/aromatic N) is 1. The van der Waals surface area contributed by atoms with Crippen LogP contribution in [0.15, 0.2) is 18.2 Å². The summed E-state index contributed by atoms with van der Waals surface area (Å²) < 4.78 is 0. The number of hydrogen-bond acceptors (Lipinski definition) is 2. The molecular formula is C14H24N2. The van der Waals surface area contributed by atoms with Crippen LogP contribution in [-0.2, 0) is 6.42 Å². The van der Waals surface area contributed by atoms with Crippen molar-refractivity contribution in [3.63, 3.8) is 0 Å². The van der Waals surface area contributed by atoms with Crippen molar-refractivity contribution < 1.29 is 0 Å². The van der Waals surface area contributed by atoms with E-state index in [-0.39, 0.29) is 5.41 Å². The van der Waals surface area contributed by atoms with Gasteiger partial charge in [0, 0.05) is 23.9 Å². The van der Waals surface area contributed by atoms with E-state index in [1.807, 2.05) is 13.0 Å². The van der Waals surface area contributed by atoms with Crippen LogP contribution in [0.4, 0.5) is 0 Å². The van der Waals surface area contributed by atoms with Crippen molar-refractivity contribution in [3.05, 3.63) is 29.6 Å². The summed E-state index contributed by atoms with van der Waals surface area (Å²) in [7, 11) is 0. The van der Waals surface area contributed by atoms with Gasteiger partial charge in [0.1, 0.15) is 0 Å². The van der Waals surface area contributed by atoms with E-state index in [0.717, 1.165) is 18.7 Å². The van der Waals surface area contributed by atoms with Gasteiger partial charge in [-0.25, -0.2) is 0 Å². The summed E-state index contributed by atoms with van der Waals surface area (Å²) in [5.41, 5.74) is 2.55. The molecule has 1 rings (SSSR count). The number of nitrogens with one attached hydrogen (secondary N) is 1. The van der Waals surface area contributed by atoms with E-state index >= 15 is 0 Å². The first-order valence-electron chi connectivity index (χ1n) is 6.09. The van der Waals surface area contributed by atoms with Gasteiger partial charge in [-0.15, -0.1) is 0 Å². The summed E-state index contributed by atoms with van der Waals surface area (Å²) in [4.78, 5) is 4.57. The van der Waals surface area contributed by atoms with Gasteiger partial charge in [-0.05, 0) is 31.0 Å². The van der Waals surface area contributed by atoms with Crippen LogP contribution in [0.1, 0.15) is 39.1 Å². The molecule has 1 heterocycles. The minimum Gasteiger partial charge on any atom is -0.313 e. The van der Waals surface area contributed by atoms with Crippen LogP contribution in [0.25, 0.3) is 0 Å². The highest BCUT2D eigenvalue weighted by atomic mass is 14.9. The van der Waals surface area contributed by atoms with Crippen molar-refractivity contribution in [2.45, 2.75) is 47.1 Å². The number of likely N-dealkylation sites (N-methyl/N-ethyl adjacent to an activating group) is 1. The van der Waals surface area contributed by atoms with Crippen molar-refractivity contribution in [2.75, 3.05) is 6.54 Å². The molecule has 2 nitrogen and oxygen atoms in total. The lowest BCUT2D eigenvalue weighted by molar-refractivity contribution is 0.268. The van der Waals surface area contributed by atoms with Crippen molar-refractivity contribution >= 4 is 0 Å². The van der Waals surface area contributed by atoms with Crippen LogP contribution in [0.3, 0.4) is 0 Å². The number of aromatic nitrogens is 1. The van der Waals surface area contributed by atoms with Gasteiger partial charge in [-0.2, -0.15) is 0 Å². The van der Waals surface area contributed by atoms with E-state index in [2.05, 4.69) is 50.1 Å². The molecule has 1 aromatic heterocycles. The van der Waals surface area contributed by atoms with E-state index in [1.54, 1.807) is 0 Å². The van der Waals surface area contributed by atoms with Crippen LogP contribution < -0.4 is 5.32 Å². The predicted octanol–water partition coefficient (Wildman–Crippen LogP) is 2.96. The Balaban J connectivity index is 2.76. The molecule has 1 aromatic rings. The Morgan fingerprint density at radius 2 is 2.00 bits per heavy atom. The molecule has 0 aliphatic heterocycles. The summed E-state index contributed by atoms with van der Waals surface area (Å²) in [5, 5.41) is 3.55. The third-order valence-corrected chi connectivity index (χ3v) is 2.86. The van der Waals surface area contributed by atoms with Crippen LogP contribution >= 0.6 is 0 Å². The number of rotatable bonds is 4. The lowest BCUT2D eigenvalue weighted by Gasteiger charge is -2.31. The lowest BCUT2D eigenvalue weighted by Crippen LogP contribution is -2.42. The lowest BCUT2D eigenvalue weighted by atomic mass is 9.84. The third-order valence-electron chi connectivity index (χ3n) is 2.86. The molecule has 0 saturated carbocycles. The Morgan fingerprint density at radius 1 is 1.31 bits per heavy atom. The molecule has 0 saturated heterocycles. The van der Waals surface area contributed by atoms with Gasteiger partial charge in [0.05, 0.1) is 0 Å². The minimum atomic E-state index is 0.265. The van der Waals surface area contributed by atoms with Gasteiger partial charge >= 0.3 is 0 Å². The Hall–Kier alpha value is -0.890. The van der Waals surface area contributed by atoms with Crippen LogP contribution in [0.2, 0.25) is 0 Å². The van der Waals surface area contributed by atoms with Gasteiger partial charge in [0.15, 0.2) is 0 Å². The number of hydrogen-bond donors (Lipinski definition) is 1. The Morgan fingerprint density at radius 3 is 2.50 bits per heavy atom. The SMILES string of the molecule is CCNC(Cc1cccc(C)n1)C(C)(C)C. The fraction of sp³-hybridized carbons (Fsp3) is 0.643. The van der Waals surface area contributed by atoms with Crippen LogP contribution in [-0.4, -0.2) is 17.6 Å². The molecule has 0 aliphatic rings. The molecule has 0 aliphatic carbocycles. The molecule has 0 aromatic carbocycles. The molecule has 16 heavy (non-hydrogen) atoms. The van der Waals surface area contributed by atoms with Gasteiger partial charge in [0.2, 0.25) is 0 Å². The second kappa shape index (κ2) is 5.44. The molecule has 0 spiro atoms. The molecule has 0 fully saturated rings. The highest BCUT2D eigenvalue weighted by Gasteiger charge is 2.24. The zero-order valence-corrected chi connectivity index (χ0v) is 11.2. The maximum absolute atomic E-state index is 4.57. The minimum absolute atomic E-state index is 0.265.